The van der Waals surface area contributed by atoms with Crippen LogP contribution in [0.4, 0.5) is 9.59 Å². The number of imidazole rings is 2. The molecule has 3 N–H and O–H groups in total. The van der Waals surface area contributed by atoms with Gasteiger partial charge in [0.15, 0.2) is 22.6 Å². The molecule has 4 amide bonds. The van der Waals surface area contributed by atoms with Gasteiger partial charge in [-0.2, -0.15) is 0 Å². The minimum atomic E-state index is -3.81. The van der Waals surface area contributed by atoms with Crippen LogP contribution in [-0.2, 0) is 10.0 Å². The van der Waals surface area contributed by atoms with Crippen molar-refractivity contribution in [3.63, 3.8) is 0 Å². The first-order valence-corrected chi connectivity index (χ1v) is 21.5. The number of hydrogen-bond donors (Lipinski definition) is 3. The number of nitrogens with zero attached hydrogens (tertiary/aromatic N) is 9. The largest absolute Gasteiger partial charge is 0.345 e. The van der Waals surface area contributed by atoms with Crippen LogP contribution in [0, 0.1) is 18.8 Å². The number of aromatic amines is 1. The van der Waals surface area contributed by atoms with Crippen molar-refractivity contribution in [3.05, 3.63) is 90.5 Å². The molecule has 2 unspecified atom stereocenters. The van der Waals surface area contributed by atoms with E-state index in [-0.39, 0.29) is 34.7 Å². The normalized spacial score (nSPS) is 19.7. The van der Waals surface area contributed by atoms with Gasteiger partial charge in [-0.25, -0.2) is 41.9 Å². The van der Waals surface area contributed by atoms with Gasteiger partial charge < -0.3 is 25.4 Å². The van der Waals surface area contributed by atoms with E-state index >= 15 is 0 Å². The Morgan fingerprint density at radius 1 is 0.707 bits per heavy atom. The van der Waals surface area contributed by atoms with Crippen LogP contribution in [0.25, 0.3) is 33.6 Å². The van der Waals surface area contributed by atoms with Gasteiger partial charge in [0, 0.05) is 87.3 Å². The Morgan fingerprint density at radius 2 is 1.26 bits per heavy atom. The van der Waals surface area contributed by atoms with Gasteiger partial charge in [-0.15, -0.1) is 0 Å². The molecule has 0 saturated carbocycles. The van der Waals surface area contributed by atoms with Crippen molar-refractivity contribution in [1.82, 2.24) is 58.1 Å². The first kappa shape index (κ1) is 38.9. The smallest absolute Gasteiger partial charge is 0.317 e. The van der Waals surface area contributed by atoms with Crippen molar-refractivity contribution in [3.8, 4) is 0 Å². The fourth-order valence-electron chi connectivity index (χ4n) is 8.68. The van der Waals surface area contributed by atoms with Crippen molar-refractivity contribution in [1.29, 1.82) is 0 Å². The topological polar surface area (TPSA) is 180 Å². The molecule has 0 radical (unpaired) electrons. The molecule has 7 aromatic rings. The summed E-state index contributed by atoms with van der Waals surface area (Å²) in [5.74, 6) is 1.09. The van der Waals surface area contributed by atoms with E-state index in [4.69, 9.17) is 0 Å². The van der Waals surface area contributed by atoms with E-state index in [1.165, 1.54) is 3.97 Å². The summed E-state index contributed by atoms with van der Waals surface area (Å²) in [6, 6.07) is 10.5. The molecule has 6 aromatic heterocycles. The Balaban J connectivity index is 0.000000172. The van der Waals surface area contributed by atoms with E-state index in [2.05, 4.69) is 53.8 Å². The molecule has 2 aliphatic heterocycles. The van der Waals surface area contributed by atoms with Gasteiger partial charge in [-0.05, 0) is 56.9 Å². The molecule has 9 rings (SSSR count). The number of nitrogens with one attached hydrogen (secondary N) is 3. The van der Waals surface area contributed by atoms with Gasteiger partial charge in [0.25, 0.3) is 10.0 Å². The Bertz CT molecular complexity index is 2720. The second-order valence-corrected chi connectivity index (χ2v) is 17.0. The number of hydrogen-bond acceptors (Lipinski definition) is 8. The average Bonchev–Trinajstić information content (AvgIpc) is 4.07. The third kappa shape index (κ3) is 6.80. The monoisotopic (exact) mass is 806 g/mol. The number of fused-ring (bicyclic) bond motifs is 6. The minimum Gasteiger partial charge on any atom is -0.345 e. The lowest BCUT2D eigenvalue weighted by atomic mass is 9.91. The van der Waals surface area contributed by atoms with Crippen molar-refractivity contribution < 1.29 is 18.0 Å². The standard InChI is InChI=1S/C24H28N6O3S.C17H22N6O/c1-4-17-14-28(24(31)25-5-2)15-19(17)21-12-26-22-13-27-23-20(30(21)22)10-11-29(23)34(32,33)18-8-6-16(3)7-9-18;1-3-11-9-22(17(24)18-4-2)10-12(11)14-7-20-15-8-21-16-13(23(14)15)5-6-19-16/h6-13,17,19H,4-5,14-15H2,1-3H3,(H,25,31);5-8,11-12,19H,3-4,9-10H2,1-2H3,(H,18,24)/t17-,19?;11-,12?/m11/s1. The Labute approximate surface area is 336 Å². The highest BCUT2D eigenvalue weighted by molar-refractivity contribution is 7.90. The van der Waals surface area contributed by atoms with E-state index in [0.29, 0.717) is 48.9 Å². The average molecular weight is 807 g/mol. The molecule has 0 aliphatic carbocycles. The highest BCUT2D eigenvalue weighted by Gasteiger charge is 2.38. The lowest BCUT2D eigenvalue weighted by molar-refractivity contribution is 0.206. The molecule has 1 aromatic carbocycles. The molecule has 2 aliphatic rings. The molecule has 58 heavy (non-hydrogen) atoms. The number of H-pyrrole nitrogens is 1. The SMILES string of the molecule is CCNC(=O)N1CC(c2cnc3cnc4[nH]ccc4n23)[C@H](CC)C1.CCNC(=O)N1CC(c2cnc3cnc4c(ccn4S(=O)(=O)c4ccc(C)cc4)n23)[C@H](CC)C1. The first-order chi connectivity index (χ1) is 28.1. The summed E-state index contributed by atoms with van der Waals surface area (Å²) in [5, 5.41) is 5.80. The number of carbonyl (C=O) groups excluding carboxylic acids is 2. The van der Waals surface area contributed by atoms with E-state index in [0.717, 1.165) is 59.7 Å². The van der Waals surface area contributed by atoms with Crippen molar-refractivity contribution in [2.45, 2.75) is 64.2 Å². The number of amides is 4. The van der Waals surface area contributed by atoms with E-state index in [1.807, 2.05) is 59.6 Å². The van der Waals surface area contributed by atoms with Crippen LogP contribution in [-0.4, -0.2) is 107 Å². The lowest BCUT2D eigenvalue weighted by Crippen LogP contribution is -2.38. The fourth-order valence-corrected chi connectivity index (χ4v) is 9.97. The second kappa shape index (κ2) is 15.8. The number of benzene rings is 1. The number of aromatic nitrogens is 8. The third-order valence-electron chi connectivity index (χ3n) is 11.7. The lowest BCUT2D eigenvalue weighted by Gasteiger charge is -2.17. The second-order valence-electron chi connectivity index (χ2n) is 15.2. The summed E-state index contributed by atoms with van der Waals surface area (Å²) < 4.78 is 32.1. The van der Waals surface area contributed by atoms with Gasteiger partial charge in [-0.1, -0.05) is 44.4 Å². The van der Waals surface area contributed by atoms with Gasteiger partial charge in [0.05, 0.1) is 28.3 Å². The van der Waals surface area contributed by atoms with Crippen molar-refractivity contribution in [2.24, 2.45) is 11.8 Å². The summed E-state index contributed by atoms with van der Waals surface area (Å²) in [6.45, 7) is 14.1. The maximum atomic E-state index is 13.4. The quantitative estimate of drug-likeness (QED) is 0.174. The Kier molecular flexibility index (Phi) is 10.6. The number of aryl methyl sites for hydroxylation is 1. The Hall–Kier alpha value is -5.97. The molecule has 2 fully saturated rings. The molecule has 8 heterocycles. The zero-order chi connectivity index (χ0) is 40.7. The summed E-state index contributed by atoms with van der Waals surface area (Å²) in [7, 11) is -3.81. The molecular formula is C41H50N12O4S. The molecule has 304 valence electrons. The highest BCUT2D eigenvalue weighted by atomic mass is 32.2. The third-order valence-corrected chi connectivity index (χ3v) is 13.4. The highest BCUT2D eigenvalue weighted by Crippen LogP contribution is 2.37. The summed E-state index contributed by atoms with van der Waals surface area (Å²) >= 11 is 0. The van der Waals surface area contributed by atoms with Crippen LogP contribution in [0.3, 0.4) is 0 Å². The van der Waals surface area contributed by atoms with Crippen LogP contribution >= 0.6 is 0 Å². The Morgan fingerprint density at radius 3 is 1.81 bits per heavy atom. The summed E-state index contributed by atoms with van der Waals surface area (Å²) in [5.41, 5.74) is 7.53. The summed E-state index contributed by atoms with van der Waals surface area (Å²) in [6.07, 6.45) is 12.6. The maximum absolute atomic E-state index is 13.4. The number of urea groups is 2. The maximum Gasteiger partial charge on any atom is 0.317 e. The van der Waals surface area contributed by atoms with Gasteiger partial charge in [0.1, 0.15) is 0 Å². The fraction of sp³-hybridized carbons (Fsp3) is 0.415. The van der Waals surface area contributed by atoms with Crippen LogP contribution in [0.2, 0.25) is 0 Å². The molecule has 17 heteroatoms. The number of rotatable bonds is 8. The van der Waals surface area contributed by atoms with Gasteiger partial charge in [-0.3, -0.25) is 8.80 Å². The molecule has 0 bridgehead atoms. The van der Waals surface area contributed by atoms with Crippen LogP contribution in [0.1, 0.15) is 69.3 Å². The molecule has 2 saturated heterocycles. The van der Waals surface area contributed by atoms with E-state index in [1.54, 1.807) is 48.9 Å². The molecule has 4 atom stereocenters. The number of likely N-dealkylation sites (tertiary alicyclic amines) is 2. The molecular weight excluding hydrogens is 757 g/mol. The van der Waals surface area contributed by atoms with Crippen LogP contribution in [0.15, 0.2) is 78.5 Å². The minimum absolute atomic E-state index is 0.0285. The van der Waals surface area contributed by atoms with Crippen molar-refractivity contribution >= 4 is 55.7 Å². The zero-order valence-corrected chi connectivity index (χ0v) is 34.3. The van der Waals surface area contributed by atoms with Crippen LogP contribution < -0.4 is 10.6 Å². The van der Waals surface area contributed by atoms with Gasteiger partial charge in [0.2, 0.25) is 0 Å². The zero-order valence-electron chi connectivity index (χ0n) is 33.5. The first-order valence-electron chi connectivity index (χ1n) is 20.1. The van der Waals surface area contributed by atoms with Crippen molar-refractivity contribution in [2.75, 3.05) is 39.3 Å². The molecule has 16 nitrogen and oxygen atoms in total. The summed E-state index contributed by atoms with van der Waals surface area (Å²) in [4.78, 5) is 49.8. The van der Waals surface area contributed by atoms with E-state index < -0.39 is 10.0 Å². The van der Waals surface area contributed by atoms with Crippen LogP contribution in [0.5, 0.6) is 0 Å². The molecule has 0 spiro atoms. The van der Waals surface area contributed by atoms with E-state index in [9.17, 15) is 18.0 Å². The van der Waals surface area contributed by atoms with Gasteiger partial charge >= 0.3 is 12.1 Å². The number of carbonyl (C=O) groups is 2. The predicted molar refractivity (Wildman–Crippen MR) is 221 cm³/mol. The predicted octanol–water partition coefficient (Wildman–Crippen LogP) is 5.75.